The van der Waals surface area contributed by atoms with Gasteiger partial charge in [-0.25, -0.2) is 4.98 Å². The summed E-state index contributed by atoms with van der Waals surface area (Å²) in [4.78, 5) is 4.25. The summed E-state index contributed by atoms with van der Waals surface area (Å²) in [6, 6.07) is 8.86. The highest BCUT2D eigenvalue weighted by atomic mass is 32.1. The van der Waals surface area contributed by atoms with Crippen LogP contribution in [-0.4, -0.2) is 18.1 Å². The van der Waals surface area contributed by atoms with Crippen LogP contribution in [0.1, 0.15) is 24.3 Å². The Morgan fingerprint density at radius 1 is 1.33 bits per heavy atom. The van der Waals surface area contributed by atoms with E-state index in [1.54, 1.807) is 18.4 Å². The first-order valence-electron chi connectivity index (χ1n) is 6.16. The summed E-state index contributed by atoms with van der Waals surface area (Å²) in [5.74, 6) is 1.62. The van der Waals surface area contributed by atoms with Gasteiger partial charge >= 0.3 is 0 Å². The Hall–Kier alpha value is -1.55. The zero-order valence-electron chi connectivity index (χ0n) is 10.3. The Morgan fingerprint density at radius 2 is 2.17 bits per heavy atom. The highest BCUT2D eigenvalue weighted by Crippen LogP contribution is 2.42. The molecule has 0 radical (unpaired) electrons. The molecule has 18 heavy (non-hydrogen) atoms. The average Bonchev–Trinajstić information content (AvgIpc) is 2.86. The molecule has 0 spiro atoms. The van der Waals surface area contributed by atoms with E-state index in [1.165, 1.54) is 5.56 Å². The van der Waals surface area contributed by atoms with E-state index in [0.717, 1.165) is 23.7 Å². The van der Waals surface area contributed by atoms with Gasteiger partial charge in [-0.2, -0.15) is 0 Å². The molecule has 2 aromatic rings. The molecular formula is C14H16N2OS. The molecule has 0 unspecified atom stereocenters. The van der Waals surface area contributed by atoms with Crippen LogP contribution in [0, 0.1) is 0 Å². The van der Waals surface area contributed by atoms with Gasteiger partial charge in [-0.1, -0.05) is 18.2 Å². The summed E-state index contributed by atoms with van der Waals surface area (Å²) in [5.41, 5.74) is 1.33. The van der Waals surface area contributed by atoms with E-state index in [-0.39, 0.29) is 0 Å². The van der Waals surface area contributed by atoms with Gasteiger partial charge in [0.1, 0.15) is 5.75 Å². The summed E-state index contributed by atoms with van der Waals surface area (Å²) in [6.45, 7) is 0. The first kappa shape index (κ1) is 11.5. The number of ether oxygens (including phenoxy) is 1. The second kappa shape index (κ2) is 4.98. The number of hydrogen-bond donors (Lipinski definition) is 1. The zero-order valence-corrected chi connectivity index (χ0v) is 11.1. The van der Waals surface area contributed by atoms with Gasteiger partial charge in [-0.15, -0.1) is 11.3 Å². The molecule has 3 rings (SSSR count). The van der Waals surface area contributed by atoms with E-state index in [1.807, 2.05) is 23.7 Å². The van der Waals surface area contributed by atoms with Crippen molar-refractivity contribution in [2.45, 2.75) is 24.8 Å². The van der Waals surface area contributed by atoms with Crippen molar-refractivity contribution < 1.29 is 4.74 Å². The predicted molar refractivity (Wildman–Crippen MR) is 74.5 cm³/mol. The number of nitrogens with zero attached hydrogens (tertiary/aromatic N) is 1. The molecular weight excluding hydrogens is 244 g/mol. The molecule has 0 aliphatic heterocycles. The van der Waals surface area contributed by atoms with Crippen molar-refractivity contribution in [2.75, 3.05) is 12.4 Å². The van der Waals surface area contributed by atoms with E-state index in [2.05, 4.69) is 22.4 Å². The third-order valence-corrected chi connectivity index (χ3v) is 4.18. The van der Waals surface area contributed by atoms with Crippen LogP contribution in [0.4, 0.5) is 5.13 Å². The van der Waals surface area contributed by atoms with Crippen LogP contribution >= 0.6 is 11.3 Å². The number of aromatic nitrogens is 1. The molecule has 1 aromatic heterocycles. The van der Waals surface area contributed by atoms with Crippen molar-refractivity contribution in [3.05, 3.63) is 41.4 Å². The van der Waals surface area contributed by atoms with Crippen molar-refractivity contribution in [1.29, 1.82) is 0 Å². The topological polar surface area (TPSA) is 34.1 Å². The van der Waals surface area contributed by atoms with Crippen molar-refractivity contribution >= 4 is 16.5 Å². The fourth-order valence-electron chi connectivity index (χ4n) is 2.46. The largest absolute Gasteiger partial charge is 0.496 e. The normalized spacial score (nSPS) is 22.3. The number of rotatable bonds is 4. The van der Waals surface area contributed by atoms with E-state index in [9.17, 15) is 0 Å². The Labute approximate surface area is 111 Å². The lowest BCUT2D eigenvalue weighted by Gasteiger charge is -2.36. The lowest BCUT2D eigenvalue weighted by Crippen LogP contribution is -2.34. The van der Waals surface area contributed by atoms with Crippen LogP contribution in [0.2, 0.25) is 0 Å². The molecule has 3 nitrogen and oxygen atoms in total. The maximum atomic E-state index is 5.41. The second-order valence-electron chi connectivity index (χ2n) is 4.59. The average molecular weight is 260 g/mol. The minimum atomic E-state index is 0.547. The quantitative estimate of drug-likeness (QED) is 0.913. The smallest absolute Gasteiger partial charge is 0.182 e. The van der Waals surface area contributed by atoms with Crippen LogP contribution in [-0.2, 0) is 0 Å². The Morgan fingerprint density at radius 3 is 2.89 bits per heavy atom. The number of nitrogens with one attached hydrogen (secondary N) is 1. The van der Waals surface area contributed by atoms with Gasteiger partial charge in [0.15, 0.2) is 5.13 Å². The first-order chi connectivity index (χ1) is 8.86. The highest BCUT2D eigenvalue weighted by molar-refractivity contribution is 7.13. The maximum Gasteiger partial charge on any atom is 0.182 e. The molecule has 1 heterocycles. The molecule has 94 valence electrons. The monoisotopic (exact) mass is 260 g/mol. The van der Waals surface area contributed by atoms with E-state index < -0.39 is 0 Å². The van der Waals surface area contributed by atoms with Crippen molar-refractivity contribution in [3.8, 4) is 5.75 Å². The SMILES string of the molecule is COc1ccccc1C1CC(Nc2nccs2)C1. The number of para-hydroxylation sites is 1. The summed E-state index contributed by atoms with van der Waals surface area (Å²) < 4.78 is 5.41. The molecule has 1 aromatic carbocycles. The summed E-state index contributed by atoms with van der Waals surface area (Å²) >= 11 is 1.66. The van der Waals surface area contributed by atoms with Crippen LogP contribution in [0.25, 0.3) is 0 Å². The van der Waals surface area contributed by atoms with Crippen molar-refractivity contribution in [2.24, 2.45) is 0 Å². The minimum Gasteiger partial charge on any atom is -0.496 e. The molecule has 4 heteroatoms. The molecule has 1 fully saturated rings. The van der Waals surface area contributed by atoms with E-state index in [4.69, 9.17) is 4.74 Å². The van der Waals surface area contributed by atoms with Gasteiger partial charge in [0.05, 0.1) is 7.11 Å². The van der Waals surface area contributed by atoms with Crippen LogP contribution < -0.4 is 10.1 Å². The molecule has 1 aliphatic rings. The number of benzene rings is 1. The molecule has 0 saturated heterocycles. The number of methoxy groups -OCH3 is 1. The van der Waals surface area contributed by atoms with E-state index in [0.29, 0.717) is 12.0 Å². The zero-order chi connectivity index (χ0) is 12.4. The van der Waals surface area contributed by atoms with Crippen molar-refractivity contribution in [3.63, 3.8) is 0 Å². The summed E-state index contributed by atoms with van der Waals surface area (Å²) in [6.07, 6.45) is 4.14. The van der Waals surface area contributed by atoms with Crippen LogP contribution in [0.15, 0.2) is 35.8 Å². The Kier molecular flexibility index (Phi) is 3.19. The number of thiazole rings is 1. The third-order valence-electron chi connectivity index (χ3n) is 3.48. The standard InChI is InChI=1S/C14H16N2OS/c1-17-13-5-3-2-4-12(13)10-8-11(9-10)16-14-15-6-7-18-14/h2-7,10-11H,8-9H2,1H3,(H,15,16). The number of hydrogen-bond acceptors (Lipinski definition) is 4. The fraction of sp³-hybridized carbons (Fsp3) is 0.357. The second-order valence-corrected chi connectivity index (χ2v) is 5.48. The first-order valence-corrected chi connectivity index (χ1v) is 7.03. The Bertz CT molecular complexity index is 506. The van der Waals surface area contributed by atoms with E-state index >= 15 is 0 Å². The molecule has 0 atom stereocenters. The van der Waals surface area contributed by atoms with Crippen LogP contribution in [0.3, 0.4) is 0 Å². The molecule has 0 amide bonds. The lowest BCUT2D eigenvalue weighted by molar-refractivity contribution is 0.349. The van der Waals surface area contributed by atoms with Gasteiger partial charge in [0.25, 0.3) is 0 Å². The van der Waals surface area contributed by atoms with Gasteiger partial charge in [-0.05, 0) is 30.4 Å². The summed E-state index contributed by atoms with van der Waals surface area (Å²) in [7, 11) is 1.74. The fourth-order valence-corrected chi connectivity index (χ4v) is 3.07. The highest BCUT2D eigenvalue weighted by Gasteiger charge is 2.32. The third kappa shape index (κ3) is 2.20. The lowest BCUT2D eigenvalue weighted by atomic mass is 9.75. The van der Waals surface area contributed by atoms with Crippen LogP contribution in [0.5, 0.6) is 5.75 Å². The summed E-state index contributed by atoms with van der Waals surface area (Å²) in [5, 5.41) is 6.49. The molecule has 0 bridgehead atoms. The van der Waals surface area contributed by atoms with Gasteiger partial charge in [-0.3, -0.25) is 0 Å². The van der Waals surface area contributed by atoms with Gasteiger partial charge in [0.2, 0.25) is 0 Å². The molecule has 1 N–H and O–H groups in total. The molecule has 1 aliphatic carbocycles. The Balaban J connectivity index is 1.61. The number of anilines is 1. The minimum absolute atomic E-state index is 0.547. The van der Waals surface area contributed by atoms with Crippen molar-refractivity contribution in [1.82, 2.24) is 4.98 Å². The van der Waals surface area contributed by atoms with Gasteiger partial charge in [0, 0.05) is 17.6 Å². The van der Waals surface area contributed by atoms with Gasteiger partial charge < -0.3 is 10.1 Å². The predicted octanol–water partition coefficient (Wildman–Crippen LogP) is 3.51. The molecule has 1 saturated carbocycles. The maximum absolute atomic E-state index is 5.41.